The van der Waals surface area contributed by atoms with Crippen molar-refractivity contribution in [3.63, 3.8) is 0 Å². The van der Waals surface area contributed by atoms with Crippen LogP contribution in [0.2, 0.25) is 0 Å². The molecule has 98 valence electrons. The summed E-state index contributed by atoms with van der Waals surface area (Å²) in [6, 6.07) is 1.70. The van der Waals surface area contributed by atoms with Crippen molar-refractivity contribution >= 4 is 17.3 Å². The van der Waals surface area contributed by atoms with E-state index in [4.69, 9.17) is 10.5 Å². The smallest absolute Gasteiger partial charge is 0.230 e. The third-order valence-electron chi connectivity index (χ3n) is 3.65. The molecule has 1 aromatic heterocycles. The Balaban J connectivity index is 2.11. The quantitative estimate of drug-likeness (QED) is 0.835. The average molecular weight is 249 g/mol. The Kier molecular flexibility index (Phi) is 3.52. The molecular weight excluding hydrogens is 230 g/mol. The first-order valence-corrected chi connectivity index (χ1v) is 6.16. The Morgan fingerprint density at radius 2 is 2.11 bits per heavy atom. The highest BCUT2D eigenvalue weighted by atomic mass is 16.5. The van der Waals surface area contributed by atoms with E-state index in [1.54, 1.807) is 12.3 Å². The Labute approximate surface area is 107 Å². The molecule has 1 saturated heterocycles. The highest BCUT2D eigenvalue weighted by molar-refractivity contribution is 5.95. The fourth-order valence-corrected chi connectivity index (χ4v) is 2.46. The van der Waals surface area contributed by atoms with Crippen molar-refractivity contribution in [2.45, 2.75) is 33.0 Å². The van der Waals surface area contributed by atoms with Crippen LogP contribution in [0.5, 0.6) is 0 Å². The number of anilines is 2. The predicted octanol–water partition coefficient (Wildman–Crippen LogP) is 1.66. The molecule has 0 radical (unpaired) electrons. The SMILES string of the molecule is CC1OC(C)C(C(=O)Nc2ccncc2N)C1C. The van der Waals surface area contributed by atoms with Gasteiger partial charge in [-0.2, -0.15) is 0 Å². The molecule has 1 aromatic rings. The Morgan fingerprint density at radius 1 is 1.39 bits per heavy atom. The molecule has 1 aliphatic rings. The molecule has 0 aromatic carbocycles. The van der Waals surface area contributed by atoms with Gasteiger partial charge in [0, 0.05) is 6.20 Å². The zero-order chi connectivity index (χ0) is 13.3. The van der Waals surface area contributed by atoms with E-state index in [1.165, 1.54) is 6.20 Å². The van der Waals surface area contributed by atoms with Crippen LogP contribution in [0, 0.1) is 11.8 Å². The summed E-state index contributed by atoms with van der Waals surface area (Å²) in [6.07, 6.45) is 3.16. The molecule has 0 aliphatic carbocycles. The van der Waals surface area contributed by atoms with E-state index < -0.39 is 0 Å². The molecule has 2 heterocycles. The second-order valence-electron chi connectivity index (χ2n) is 4.88. The van der Waals surface area contributed by atoms with E-state index in [-0.39, 0.29) is 30.0 Å². The standard InChI is InChI=1S/C13H19N3O2/c1-7-8(2)18-9(3)12(7)13(17)16-11-4-5-15-6-10(11)14/h4-9,12H,14H2,1-3H3,(H,15,16,17). The molecule has 4 atom stereocenters. The third kappa shape index (κ3) is 2.31. The van der Waals surface area contributed by atoms with Crippen LogP contribution < -0.4 is 11.1 Å². The molecule has 3 N–H and O–H groups in total. The molecule has 0 spiro atoms. The summed E-state index contributed by atoms with van der Waals surface area (Å²) in [7, 11) is 0. The number of nitrogen functional groups attached to an aromatic ring is 1. The minimum atomic E-state index is -0.146. The molecular formula is C13H19N3O2. The van der Waals surface area contributed by atoms with Gasteiger partial charge in [-0.25, -0.2) is 0 Å². The molecule has 18 heavy (non-hydrogen) atoms. The molecule has 1 aliphatic heterocycles. The Hall–Kier alpha value is -1.62. The summed E-state index contributed by atoms with van der Waals surface area (Å²) < 4.78 is 5.67. The van der Waals surface area contributed by atoms with Crippen molar-refractivity contribution in [1.82, 2.24) is 4.98 Å². The third-order valence-corrected chi connectivity index (χ3v) is 3.65. The van der Waals surface area contributed by atoms with Crippen LogP contribution in [0.4, 0.5) is 11.4 Å². The van der Waals surface area contributed by atoms with Gasteiger partial charge in [0.25, 0.3) is 0 Å². The lowest BCUT2D eigenvalue weighted by Crippen LogP contribution is -2.32. The van der Waals surface area contributed by atoms with E-state index in [0.29, 0.717) is 11.4 Å². The van der Waals surface area contributed by atoms with Crippen molar-refractivity contribution in [2.75, 3.05) is 11.1 Å². The van der Waals surface area contributed by atoms with Gasteiger partial charge >= 0.3 is 0 Å². The number of carbonyl (C=O) groups is 1. The van der Waals surface area contributed by atoms with Gasteiger partial charge in [-0.05, 0) is 25.8 Å². The maximum absolute atomic E-state index is 12.3. The first-order valence-electron chi connectivity index (χ1n) is 6.16. The monoisotopic (exact) mass is 249 g/mol. The van der Waals surface area contributed by atoms with Crippen LogP contribution in [-0.4, -0.2) is 23.1 Å². The molecule has 5 nitrogen and oxygen atoms in total. The second kappa shape index (κ2) is 4.94. The molecule has 4 unspecified atom stereocenters. The van der Waals surface area contributed by atoms with Gasteiger partial charge in [0.05, 0.1) is 35.7 Å². The van der Waals surface area contributed by atoms with Crippen molar-refractivity contribution in [2.24, 2.45) is 11.8 Å². The fourth-order valence-electron chi connectivity index (χ4n) is 2.46. The van der Waals surface area contributed by atoms with E-state index in [2.05, 4.69) is 10.3 Å². The number of hydrogen-bond acceptors (Lipinski definition) is 4. The van der Waals surface area contributed by atoms with Gasteiger partial charge in [0.15, 0.2) is 0 Å². The number of pyridine rings is 1. The van der Waals surface area contributed by atoms with Crippen molar-refractivity contribution in [1.29, 1.82) is 0 Å². The first kappa shape index (κ1) is 12.8. The lowest BCUT2D eigenvalue weighted by Gasteiger charge is -2.18. The van der Waals surface area contributed by atoms with Gasteiger partial charge in [-0.15, -0.1) is 0 Å². The lowest BCUT2D eigenvalue weighted by atomic mass is 9.89. The van der Waals surface area contributed by atoms with Crippen molar-refractivity contribution < 1.29 is 9.53 Å². The van der Waals surface area contributed by atoms with Gasteiger partial charge in [-0.1, -0.05) is 6.92 Å². The van der Waals surface area contributed by atoms with Gasteiger partial charge < -0.3 is 15.8 Å². The van der Waals surface area contributed by atoms with Crippen LogP contribution in [0.3, 0.4) is 0 Å². The number of amides is 1. The molecule has 2 rings (SSSR count). The number of aromatic nitrogens is 1. The maximum Gasteiger partial charge on any atom is 0.230 e. The number of nitrogens with one attached hydrogen (secondary N) is 1. The fraction of sp³-hybridized carbons (Fsp3) is 0.538. The topological polar surface area (TPSA) is 77.2 Å². The second-order valence-corrected chi connectivity index (χ2v) is 4.88. The van der Waals surface area contributed by atoms with E-state index in [0.717, 1.165) is 0 Å². The van der Waals surface area contributed by atoms with Gasteiger partial charge in [0.2, 0.25) is 5.91 Å². The summed E-state index contributed by atoms with van der Waals surface area (Å²) in [5, 5.41) is 2.85. The maximum atomic E-state index is 12.3. The normalized spacial score (nSPS) is 31.3. The van der Waals surface area contributed by atoms with Crippen LogP contribution >= 0.6 is 0 Å². The van der Waals surface area contributed by atoms with Gasteiger partial charge in [0.1, 0.15) is 0 Å². The van der Waals surface area contributed by atoms with Crippen molar-refractivity contribution in [3.8, 4) is 0 Å². The highest BCUT2D eigenvalue weighted by Gasteiger charge is 2.41. The molecule has 0 saturated carbocycles. The number of nitrogens with zero attached hydrogens (tertiary/aromatic N) is 1. The van der Waals surface area contributed by atoms with E-state index in [1.807, 2.05) is 20.8 Å². The van der Waals surface area contributed by atoms with Crippen LogP contribution in [0.15, 0.2) is 18.5 Å². The number of ether oxygens (including phenoxy) is 1. The van der Waals surface area contributed by atoms with E-state index >= 15 is 0 Å². The predicted molar refractivity (Wildman–Crippen MR) is 69.9 cm³/mol. The lowest BCUT2D eigenvalue weighted by molar-refractivity contribution is -0.121. The largest absolute Gasteiger partial charge is 0.396 e. The molecule has 1 amide bonds. The minimum Gasteiger partial charge on any atom is -0.396 e. The van der Waals surface area contributed by atoms with E-state index in [9.17, 15) is 4.79 Å². The van der Waals surface area contributed by atoms with Crippen LogP contribution in [0.25, 0.3) is 0 Å². The zero-order valence-electron chi connectivity index (χ0n) is 10.9. The average Bonchev–Trinajstić information content (AvgIpc) is 2.56. The number of rotatable bonds is 2. The number of hydrogen-bond donors (Lipinski definition) is 2. The van der Waals surface area contributed by atoms with Gasteiger partial charge in [-0.3, -0.25) is 9.78 Å². The number of nitrogens with two attached hydrogens (primary N) is 1. The van der Waals surface area contributed by atoms with Crippen LogP contribution in [-0.2, 0) is 9.53 Å². The van der Waals surface area contributed by atoms with Crippen LogP contribution in [0.1, 0.15) is 20.8 Å². The summed E-state index contributed by atoms with van der Waals surface area (Å²) in [4.78, 5) is 16.2. The first-order chi connectivity index (χ1) is 8.50. The Morgan fingerprint density at radius 3 is 2.67 bits per heavy atom. The Bertz CT molecular complexity index is 450. The number of carbonyl (C=O) groups excluding carboxylic acids is 1. The molecule has 0 bridgehead atoms. The zero-order valence-corrected chi connectivity index (χ0v) is 10.9. The van der Waals surface area contributed by atoms with Crippen molar-refractivity contribution in [3.05, 3.63) is 18.5 Å². The summed E-state index contributed by atoms with van der Waals surface area (Å²) in [6.45, 7) is 5.96. The minimum absolute atomic E-state index is 0.0442. The highest BCUT2D eigenvalue weighted by Crippen LogP contribution is 2.33. The molecule has 1 fully saturated rings. The summed E-state index contributed by atoms with van der Waals surface area (Å²) >= 11 is 0. The summed E-state index contributed by atoms with van der Waals surface area (Å²) in [5.74, 6) is 0.00729. The molecule has 5 heteroatoms. The summed E-state index contributed by atoms with van der Waals surface area (Å²) in [5.41, 5.74) is 6.83.